The van der Waals surface area contributed by atoms with Gasteiger partial charge in [-0.1, -0.05) is 77.8 Å². The Morgan fingerprint density at radius 3 is 2.27 bits per heavy atom. The highest BCUT2D eigenvalue weighted by Crippen LogP contribution is 2.24. The molecule has 0 aliphatic heterocycles. The number of anilines is 1. The van der Waals surface area contributed by atoms with E-state index in [1.54, 1.807) is 6.07 Å². The summed E-state index contributed by atoms with van der Waals surface area (Å²) < 4.78 is 28.0. The molecule has 4 aromatic carbocycles. The van der Waals surface area contributed by atoms with Gasteiger partial charge in [-0.3, -0.25) is 4.79 Å². The van der Waals surface area contributed by atoms with Crippen LogP contribution in [0.5, 0.6) is 0 Å². The molecule has 0 aliphatic carbocycles. The Labute approximate surface area is 198 Å². The maximum Gasteiger partial charge on any atom is 0.243 e. The van der Waals surface area contributed by atoms with Crippen LogP contribution in [0.15, 0.2) is 95.9 Å². The number of carbonyl (C=O) groups is 1. The highest BCUT2D eigenvalue weighted by atomic mass is 35.5. The first kappa shape index (κ1) is 23.0. The van der Waals surface area contributed by atoms with Crippen LogP contribution < -0.4 is 5.32 Å². The lowest BCUT2D eigenvalue weighted by Crippen LogP contribution is -2.37. The lowest BCUT2D eigenvalue weighted by Gasteiger charge is -2.22. The van der Waals surface area contributed by atoms with Crippen molar-refractivity contribution in [2.24, 2.45) is 0 Å². The van der Waals surface area contributed by atoms with Crippen molar-refractivity contribution < 1.29 is 13.2 Å². The number of rotatable bonds is 7. The predicted octanol–water partition coefficient (Wildman–Crippen LogP) is 5.63. The van der Waals surface area contributed by atoms with E-state index in [4.69, 9.17) is 11.6 Å². The van der Waals surface area contributed by atoms with Gasteiger partial charge in [0.05, 0.1) is 11.4 Å². The quantitative estimate of drug-likeness (QED) is 0.374. The summed E-state index contributed by atoms with van der Waals surface area (Å²) >= 11 is 5.94. The lowest BCUT2D eigenvalue weighted by molar-refractivity contribution is -0.116. The van der Waals surface area contributed by atoms with Crippen molar-refractivity contribution in [1.82, 2.24) is 4.31 Å². The van der Waals surface area contributed by atoms with Gasteiger partial charge < -0.3 is 5.32 Å². The van der Waals surface area contributed by atoms with Gasteiger partial charge in [-0.25, -0.2) is 8.42 Å². The normalized spacial score (nSPS) is 11.6. The fraction of sp³-hybridized carbons (Fsp3) is 0.115. The maximum absolute atomic E-state index is 13.4. The van der Waals surface area contributed by atoms with Crippen LogP contribution in [0.2, 0.25) is 5.02 Å². The zero-order valence-corrected chi connectivity index (χ0v) is 19.6. The van der Waals surface area contributed by atoms with Crippen LogP contribution in [-0.2, 0) is 21.4 Å². The summed E-state index contributed by atoms with van der Waals surface area (Å²) in [5.74, 6) is -0.420. The van der Waals surface area contributed by atoms with Crippen molar-refractivity contribution in [3.05, 3.63) is 107 Å². The van der Waals surface area contributed by atoms with E-state index >= 15 is 0 Å². The van der Waals surface area contributed by atoms with E-state index in [2.05, 4.69) is 5.32 Å². The number of nitrogens with zero attached hydrogens (tertiary/aromatic N) is 1. The van der Waals surface area contributed by atoms with E-state index in [0.717, 1.165) is 21.9 Å². The second-order valence-corrected chi connectivity index (χ2v) is 10.2. The molecular formula is C26H23ClN2O3S. The highest BCUT2D eigenvalue weighted by molar-refractivity contribution is 7.89. The number of sulfonamides is 1. The van der Waals surface area contributed by atoms with Gasteiger partial charge in [-0.15, -0.1) is 0 Å². The average molecular weight is 479 g/mol. The number of benzene rings is 4. The van der Waals surface area contributed by atoms with Crippen LogP contribution in [0.3, 0.4) is 0 Å². The molecule has 0 atom stereocenters. The first-order chi connectivity index (χ1) is 15.8. The summed E-state index contributed by atoms with van der Waals surface area (Å²) in [7, 11) is -3.94. The largest absolute Gasteiger partial charge is 0.324 e. The molecule has 168 valence electrons. The number of amides is 1. The minimum absolute atomic E-state index is 0.0637. The fourth-order valence-corrected chi connectivity index (χ4v) is 5.07. The molecule has 1 amide bonds. The number of carbonyl (C=O) groups excluding carboxylic acids is 1. The molecule has 0 spiro atoms. The molecule has 0 saturated heterocycles. The maximum atomic E-state index is 13.4. The minimum Gasteiger partial charge on any atom is -0.324 e. The summed E-state index contributed by atoms with van der Waals surface area (Å²) in [6, 6.07) is 26.8. The smallest absolute Gasteiger partial charge is 0.243 e. The zero-order valence-electron chi connectivity index (χ0n) is 18.0. The summed E-state index contributed by atoms with van der Waals surface area (Å²) in [6.45, 7) is 1.69. The van der Waals surface area contributed by atoms with Crippen LogP contribution in [0.25, 0.3) is 10.8 Å². The number of halogens is 1. The van der Waals surface area contributed by atoms with Gasteiger partial charge >= 0.3 is 0 Å². The molecule has 4 aromatic rings. The molecule has 0 aromatic heterocycles. The van der Waals surface area contributed by atoms with Gasteiger partial charge in [0.2, 0.25) is 15.9 Å². The Bertz CT molecular complexity index is 1380. The summed E-state index contributed by atoms with van der Waals surface area (Å²) in [4.78, 5) is 13.1. The van der Waals surface area contributed by atoms with Gasteiger partial charge in [0, 0.05) is 22.6 Å². The molecule has 1 N–H and O–H groups in total. The molecule has 4 rings (SSSR count). The standard InChI is InChI=1S/C26H23ClN2O3S/c1-19-9-11-20(12-10-19)17-29(33(31,32)23-15-13-22(27)14-16-23)18-26(30)28-25-8-4-6-21-5-2-3-7-24(21)25/h2-16H,17-18H2,1H3,(H,28,30). The third kappa shape index (κ3) is 5.42. The summed E-state index contributed by atoms with van der Waals surface area (Å²) in [5.41, 5.74) is 2.49. The second-order valence-electron chi connectivity index (χ2n) is 7.79. The molecule has 7 heteroatoms. The summed E-state index contributed by atoms with van der Waals surface area (Å²) in [5, 5.41) is 5.19. The highest BCUT2D eigenvalue weighted by Gasteiger charge is 2.27. The third-order valence-electron chi connectivity index (χ3n) is 5.31. The van der Waals surface area contributed by atoms with Crippen molar-refractivity contribution in [1.29, 1.82) is 0 Å². The Morgan fingerprint density at radius 2 is 1.55 bits per heavy atom. The predicted molar refractivity (Wildman–Crippen MR) is 133 cm³/mol. The number of aryl methyl sites for hydroxylation is 1. The molecule has 0 radical (unpaired) electrons. The monoisotopic (exact) mass is 478 g/mol. The molecule has 0 unspecified atom stereocenters. The Balaban J connectivity index is 1.63. The number of nitrogens with one attached hydrogen (secondary N) is 1. The third-order valence-corrected chi connectivity index (χ3v) is 7.37. The molecule has 0 fully saturated rings. The van der Waals surface area contributed by atoms with Crippen LogP contribution >= 0.6 is 11.6 Å². The van der Waals surface area contributed by atoms with Crippen molar-refractivity contribution in [2.75, 3.05) is 11.9 Å². The summed E-state index contributed by atoms with van der Waals surface area (Å²) in [6.07, 6.45) is 0. The minimum atomic E-state index is -3.94. The average Bonchev–Trinajstić information content (AvgIpc) is 2.80. The van der Waals surface area contributed by atoms with Gasteiger partial charge in [0.15, 0.2) is 0 Å². The number of hydrogen-bond acceptors (Lipinski definition) is 3. The van der Waals surface area contributed by atoms with Crippen LogP contribution in [0.1, 0.15) is 11.1 Å². The van der Waals surface area contributed by atoms with Gasteiger partial charge in [-0.05, 0) is 48.2 Å². The lowest BCUT2D eigenvalue weighted by atomic mass is 10.1. The number of fused-ring (bicyclic) bond motifs is 1. The Kier molecular flexibility index (Phi) is 6.79. The SMILES string of the molecule is Cc1ccc(CN(CC(=O)Nc2cccc3ccccc23)S(=O)(=O)c2ccc(Cl)cc2)cc1. The van der Waals surface area contributed by atoms with Crippen molar-refractivity contribution in [3.8, 4) is 0 Å². The van der Waals surface area contributed by atoms with E-state index < -0.39 is 15.9 Å². The second kappa shape index (κ2) is 9.75. The zero-order chi connectivity index (χ0) is 23.4. The molecule has 0 aliphatic rings. The van der Waals surface area contributed by atoms with Crippen molar-refractivity contribution in [2.45, 2.75) is 18.4 Å². The molecule has 5 nitrogen and oxygen atoms in total. The molecular weight excluding hydrogens is 456 g/mol. The molecule has 0 heterocycles. The van der Waals surface area contributed by atoms with Gasteiger partial charge in [0.25, 0.3) is 0 Å². The topological polar surface area (TPSA) is 66.5 Å². The van der Waals surface area contributed by atoms with E-state index in [1.165, 1.54) is 28.6 Å². The Hall–Kier alpha value is -3.19. The van der Waals surface area contributed by atoms with Gasteiger partial charge in [-0.2, -0.15) is 4.31 Å². The van der Waals surface area contributed by atoms with E-state index in [-0.39, 0.29) is 18.0 Å². The van der Waals surface area contributed by atoms with Gasteiger partial charge in [0.1, 0.15) is 0 Å². The van der Waals surface area contributed by atoms with E-state index in [1.807, 2.05) is 67.6 Å². The molecule has 0 saturated carbocycles. The first-order valence-electron chi connectivity index (χ1n) is 10.4. The Morgan fingerprint density at radius 1 is 0.879 bits per heavy atom. The first-order valence-corrected chi connectivity index (χ1v) is 12.2. The van der Waals surface area contributed by atoms with Crippen LogP contribution in [0, 0.1) is 6.92 Å². The van der Waals surface area contributed by atoms with Crippen molar-refractivity contribution in [3.63, 3.8) is 0 Å². The van der Waals surface area contributed by atoms with E-state index in [0.29, 0.717) is 10.7 Å². The molecule has 0 bridgehead atoms. The number of hydrogen-bond donors (Lipinski definition) is 1. The molecule has 33 heavy (non-hydrogen) atoms. The van der Waals surface area contributed by atoms with E-state index in [9.17, 15) is 13.2 Å². The van der Waals surface area contributed by atoms with Crippen LogP contribution in [0.4, 0.5) is 5.69 Å². The fourth-order valence-electron chi connectivity index (χ4n) is 3.56. The van der Waals surface area contributed by atoms with Crippen LogP contribution in [-0.4, -0.2) is 25.2 Å². The van der Waals surface area contributed by atoms with Crippen molar-refractivity contribution >= 4 is 44.0 Å².